The molecule has 1 aromatic carbocycles. The van der Waals surface area contributed by atoms with Gasteiger partial charge in [-0.05, 0) is 31.5 Å². The number of ketones is 1. The lowest BCUT2D eigenvalue weighted by molar-refractivity contribution is -0.137. The van der Waals surface area contributed by atoms with Gasteiger partial charge in [-0.2, -0.15) is 13.2 Å². The highest BCUT2D eigenvalue weighted by Crippen LogP contribution is 2.36. The van der Waals surface area contributed by atoms with E-state index in [1.165, 1.54) is 6.92 Å². The quantitative estimate of drug-likeness (QED) is 0.865. The van der Waals surface area contributed by atoms with Gasteiger partial charge in [0, 0.05) is 6.54 Å². The second-order valence-electron chi connectivity index (χ2n) is 4.65. The van der Waals surface area contributed by atoms with E-state index in [4.69, 9.17) is 0 Å². The van der Waals surface area contributed by atoms with Crippen molar-refractivity contribution < 1.29 is 27.9 Å². The molecule has 1 atom stereocenters. The van der Waals surface area contributed by atoms with Gasteiger partial charge in [-0.25, -0.2) is 0 Å². The molecule has 7 heteroatoms. The lowest BCUT2D eigenvalue weighted by atomic mass is 10.1. The molecule has 1 heterocycles. The number of carbonyl (C=O) groups excluding carboxylic acids is 2. The summed E-state index contributed by atoms with van der Waals surface area (Å²) >= 11 is 0. The molecule has 0 spiro atoms. The van der Waals surface area contributed by atoms with E-state index in [1.807, 2.05) is 0 Å². The molecule has 1 aliphatic rings. The smallest absolute Gasteiger partial charge is 0.393 e. The monoisotopic (exact) mass is 287 g/mol. The average Bonchev–Trinajstić information content (AvgIpc) is 2.58. The number of rotatable bonds is 3. The molecule has 20 heavy (non-hydrogen) atoms. The number of fused-ring (bicyclic) bond motifs is 1. The number of aliphatic hydroxyl groups excluding tert-OH is 1. The summed E-state index contributed by atoms with van der Waals surface area (Å²) in [6.45, 7) is 1.61. The van der Waals surface area contributed by atoms with Crippen molar-refractivity contribution in [3.8, 4) is 0 Å². The van der Waals surface area contributed by atoms with Crippen LogP contribution in [0, 0.1) is 0 Å². The molecule has 0 aromatic heterocycles. The van der Waals surface area contributed by atoms with Gasteiger partial charge in [0.25, 0.3) is 11.7 Å². The molecule has 0 radical (unpaired) electrons. The van der Waals surface area contributed by atoms with Crippen molar-refractivity contribution >= 4 is 17.4 Å². The van der Waals surface area contributed by atoms with Crippen LogP contribution in [0.25, 0.3) is 0 Å². The van der Waals surface area contributed by atoms with Crippen molar-refractivity contribution in [2.75, 3.05) is 11.4 Å². The van der Waals surface area contributed by atoms with Gasteiger partial charge in [0.1, 0.15) is 0 Å². The normalized spacial score (nSPS) is 16.6. The van der Waals surface area contributed by atoms with Crippen LogP contribution in [0.2, 0.25) is 0 Å². The maximum atomic E-state index is 12.6. The van der Waals surface area contributed by atoms with Crippen molar-refractivity contribution in [1.29, 1.82) is 0 Å². The fourth-order valence-electron chi connectivity index (χ4n) is 2.01. The minimum atomic E-state index is -4.56. The average molecular weight is 287 g/mol. The van der Waals surface area contributed by atoms with Crippen LogP contribution in [0.4, 0.5) is 18.9 Å². The summed E-state index contributed by atoms with van der Waals surface area (Å²) in [5, 5.41) is 9.19. The summed E-state index contributed by atoms with van der Waals surface area (Å²) in [5.74, 6) is -1.81. The maximum absolute atomic E-state index is 12.6. The van der Waals surface area contributed by atoms with Crippen LogP contribution in [0.1, 0.15) is 29.3 Å². The van der Waals surface area contributed by atoms with Gasteiger partial charge in [0.05, 0.1) is 22.9 Å². The number of hydrogen-bond acceptors (Lipinski definition) is 3. The number of halogens is 3. The first-order valence-corrected chi connectivity index (χ1v) is 5.97. The molecule has 1 amide bonds. The second-order valence-corrected chi connectivity index (χ2v) is 4.65. The fourth-order valence-corrected chi connectivity index (χ4v) is 2.01. The zero-order valence-electron chi connectivity index (χ0n) is 10.6. The Kier molecular flexibility index (Phi) is 3.56. The SMILES string of the molecule is CC(O)CCN1C(=O)C(=O)c2cc(C(F)(F)F)ccc21. The number of benzene rings is 1. The Morgan fingerprint density at radius 1 is 1.30 bits per heavy atom. The lowest BCUT2D eigenvalue weighted by Gasteiger charge is -2.17. The van der Waals surface area contributed by atoms with Crippen molar-refractivity contribution in [2.45, 2.75) is 25.6 Å². The Morgan fingerprint density at radius 3 is 2.50 bits per heavy atom. The highest BCUT2D eigenvalue weighted by atomic mass is 19.4. The largest absolute Gasteiger partial charge is 0.416 e. The van der Waals surface area contributed by atoms with Gasteiger partial charge >= 0.3 is 6.18 Å². The van der Waals surface area contributed by atoms with E-state index in [9.17, 15) is 27.9 Å². The van der Waals surface area contributed by atoms with Crippen LogP contribution in [0.5, 0.6) is 0 Å². The second kappa shape index (κ2) is 4.90. The van der Waals surface area contributed by atoms with E-state index in [-0.39, 0.29) is 24.2 Å². The zero-order valence-corrected chi connectivity index (χ0v) is 10.6. The third-order valence-corrected chi connectivity index (χ3v) is 3.07. The third kappa shape index (κ3) is 2.53. The van der Waals surface area contributed by atoms with Crippen LogP contribution < -0.4 is 4.90 Å². The van der Waals surface area contributed by atoms with Crippen LogP contribution in [0.15, 0.2) is 18.2 Å². The summed E-state index contributed by atoms with van der Waals surface area (Å²) in [4.78, 5) is 24.6. The van der Waals surface area contributed by atoms with E-state index >= 15 is 0 Å². The van der Waals surface area contributed by atoms with Crippen molar-refractivity contribution in [3.63, 3.8) is 0 Å². The summed E-state index contributed by atoms with van der Waals surface area (Å²) < 4.78 is 37.8. The van der Waals surface area contributed by atoms with Crippen LogP contribution in [0.3, 0.4) is 0 Å². The highest BCUT2D eigenvalue weighted by Gasteiger charge is 2.39. The van der Waals surface area contributed by atoms with Crippen molar-refractivity contribution in [1.82, 2.24) is 0 Å². The third-order valence-electron chi connectivity index (χ3n) is 3.07. The number of Topliss-reactive ketones (excluding diaryl/α,β-unsaturated/α-hetero) is 1. The maximum Gasteiger partial charge on any atom is 0.416 e. The zero-order chi connectivity index (χ0) is 15.1. The van der Waals surface area contributed by atoms with Gasteiger partial charge in [-0.15, -0.1) is 0 Å². The van der Waals surface area contributed by atoms with Crippen LogP contribution >= 0.6 is 0 Å². The molecule has 0 bridgehead atoms. The molecule has 1 aromatic rings. The van der Waals surface area contributed by atoms with E-state index in [0.717, 1.165) is 17.0 Å². The van der Waals surface area contributed by atoms with Gasteiger partial charge in [-0.1, -0.05) is 0 Å². The van der Waals surface area contributed by atoms with Crippen molar-refractivity contribution in [3.05, 3.63) is 29.3 Å². The fraction of sp³-hybridized carbons (Fsp3) is 0.385. The molecule has 2 rings (SSSR count). The lowest BCUT2D eigenvalue weighted by Crippen LogP contribution is -2.32. The number of anilines is 1. The molecular weight excluding hydrogens is 275 g/mol. The molecule has 4 nitrogen and oxygen atoms in total. The van der Waals surface area contributed by atoms with Crippen LogP contribution in [-0.4, -0.2) is 29.4 Å². The number of amides is 1. The van der Waals surface area contributed by atoms with E-state index in [2.05, 4.69) is 0 Å². The molecular formula is C13H12F3NO3. The first kappa shape index (κ1) is 14.5. The summed E-state index contributed by atoms with van der Waals surface area (Å²) in [5.41, 5.74) is -1.04. The molecule has 0 saturated carbocycles. The number of hydrogen-bond donors (Lipinski definition) is 1. The topological polar surface area (TPSA) is 57.6 Å². The Balaban J connectivity index is 2.37. The summed E-state index contributed by atoms with van der Waals surface area (Å²) in [6, 6.07) is 2.64. The van der Waals surface area contributed by atoms with Gasteiger partial charge in [0.15, 0.2) is 0 Å². The number of nitrogens with zero attached hydrogens (tertiary/aromatic N) is 1. The molecule has 1 N–H and O–H groups in total. The molecule has 108 valence electrons. The Labute approximate surface area is 112 Å². The predicted octanol–water partition coefficient (Wildman–Crippen LogP) is 2.01. The molecule has 1 unspecified atom stereocenters. The molecule has 1 aliphatic heterocycles. The van der Waals surface area contributed by atoms with E-state index in [1.54, 1.807) is 0 Å². The highest BCUT2D eigenvalue weighted by molar-refractivity contribution is 6.52. The molecule has 0 aliphatic carbocycles. The first-order chi connectivity index (χ1) is 9.21. The van der Waals surface area contributed by atoms with Gasteiger partial charge in [-0.3, -0.25) is 9.59 Å². The predicted molar refractivity (Wildman–Crippen MR) is 64.4 cm³/mol. The standard InChI is InChI=1S/C13H12F3NO3/c1-7(18)4-5-17-10-3-2-8(13(14,15)16)6-9(10)11(19)12(17)20/h2-3,6-7,18H,4-5H2,1H3. The number of aliphatic hydroxyl groups is 1. The Hall–Kier alpha value is -1.89. The number of alkyl halides is 3. The van der Waals surface area contributed by atoms with Crippen molar-refractivity contribution in [2.24, 2.45) is 0 Å². The van der Waals surface area contributed by atoms with E-state index < -0.39 is 29.5 Å². The van der Waals surface area contributed by atoms with Crippen LogP contribution in [-0.2, 0) is 11.0 Å². The first-order valence-electron chi connectivity index (χ1n) is 5.97. The summed E-state index contributed by atoms with van der Waals surface area (Å²) in [7, 11) is 0. The molecule has 0 saturated heterocycles. The Bertz CT molecular complexity index is 566. The van der Waals surface area contributed by atoms with Gasteiger partial charge in [0.2, 0.25) is 0 Å². The Morgan fingerprint density at radius 2 is 1.95 bits per heavy atom. The van der Waals surface area contributed by atoms with E-state index in [0.29, 0.717) is 6.07 Å². The van der Waals surface area contributed by atoms with Gasteiger partial charge < -0.3 is 10.0 Å². The molecule has 0 fully saturated rings. The number of carbonyl (C=O) groups is 2. The minimum absolute atomic E-state index is 0.0839. The minimum Gasteiger partial charge on any atom is -0.393 e. The summed E-state index contributed by atoms with van der Waals surface area (Å²) in [6.07, 6.45) is -5.00.